The third-order valence-electron chi connectivity index (χ3n) is 1.17. The Bertz CT molecular complexity index is 172. The van der Waals surface area contributed by atoms with Crippen LogP contribution in [-0.2, 0) is 14.3 Å². The number of carbonyl (C=O) groups excluding carboxylic acids is 1. The zero-order valence-corrected chi connectivity index (χ0v) is 7.28. The number of carboxylic acids is 1. The van der Waals surface area contributed by atoms with Crippen molar-refractivity contribution in [3.05, 3.63) is 0 Å². The van der Waals surface area contributed by atoms with Crippen molar-refractivity contribution >= 4 is 11.9 Å². The minimum absolute atomic E-state index is 0.151. The molecule has 0 saturated heterocycles. The van der Waals surface area contributed by atoms with Gasteiger partial charge in [-0.15, -0.1) is 0 Å². The Kier molecular flexibility index (Phi) is 6.85. The Hall–Kier alpha value is -1.14. The molecule has 0 aromatic carbocycles. The van der Waals surface area contributed by atoms with Gasteiger partial charge in [0, 0.05) is 19.5 Å². The number of hydrogen-bond acceptors (Lipinski definition) is 4. The van der Waals surface area contributed by atoms with E-state index in [9.17, 15) is 9.59 Å². The predicted octanol–water partition coefficient (Wildman–Crippen LogP) is -1.45. The maximum atomic E-state index is 10.8. The van der Waals surface area contributed by atoms with Gasteiger partial charge in [-0.2, -0.15) is 0 Å². The average molecular weight is 190 g/mol. The fourth-order valence-electron chi connectivity index (χ4n) is 0.642. The molecule has 0 spiro atoms. The molecule has 0 radical (unpaired) electrons. The Morgan fingerprint density at radius 3 is 2.69 bits per heavy atom. The fourth-order valence-corrected chi connectivity index (χ4v) is 0.642. The van der Waals surface area contributed by atoms with E-state index in [0.717, 1.165) is 0 Å². The van der Waals surface area contributed by atoms with Crippen molar-refractivity contribution in [3.63, 3.8) is 0 Å². The molecule has 0 saturated carbocycles. The first-order chi connectivity index (χ1) is 6.16. The Balaban J connectivity index is 3.16. The maximum Gasteiger partial charge on any atom is 0.329 e. The molecular weight excluding hydrogens is 176 g/mol. The highest BCUT2D eigenvalue weighted by atomic mass is 16.5. The Labute approximate surface area is 76.0 Å². The largest absolute Gasteiger partial charge is 0.480 e. The highest BCUT2D eigenvalue weighted by Gasteiger charge is 1.98. The summed E-state index contributed by atoms with van der Waals surface area (Å²) < 4.78 is 4.68. The summed E-state index contributed by atoms with van der Waals surface area (Å²) in [5.74, 6) is -1.17. The lowest BCUT2D eigenvalue weighted by Gasteiger charge is -2.03. The monoisotopic (exact) mass is 190 g/mol. The van der Waals surface area contributed by atoms with E-state index >= 15 is 0 Å². The van der Waals surface area contributed by atoms with Crippen molar-refractivity contribution in [2.75, 3.05) is 26.3 Å². The lowest BCUT2D eigenvalue weighted by atomic mass is 10.4. The van der Waals surface area contributed by atoms with Crippen LogP contribution in [0.5, 0.6) is 0 Å². The number of aliphatic carboxylic acids is 1. The molecule has 0 rings (SSSR count). The second-order valence-electron chi connectivity index (χ2n) is 2.33. The molecule has 0 heterocycles. The smallest absolute Gasteiger partial charge is 0.329 e. The van der Waals surface area contributed by atoms with Gasteiger partial charge >= 0.3 is 5.97 Å². The highest BCUT2D eigenvalue weighted by Crippen LogP contribution is 1.76. The summed E-state index contributed by atoms with van der Waals surface area (Å²) in [6, 6.07) is 0. The molecule has 0 aromatic heterocycles. The molecule has 6 nitrogen and oxygen atoms in total. The number of carboxylic acid groups (broad SMARTS) is 1. The molecule has 0 aliphatic heterocycles. The van der Waals surface area contributed by atoms with E-state index in [0.29, 0.717) is 13.1 Å². The van der Waals surface area contributed by atoms with Crippen molar-refractivity contribution in [1.29, 1.82) is 0 Å². The second kappa shape index (κ2) is 7.51. The van der Waals surface area contributed by atoms with Crippen molar-refractivity contribution in [2.45, 2.75) is 6.42 Å². The van der Waals surface area contributed by atoms with Gasteiger partial charge in [-0.3, -0.25) is 4.79 Å². The Morgan fingerprint density at radius 1 is 1.46 bits per heavy atom. The highest BCUT2D eigenvalue weighted by molar-refractivity contribution is 5.75. The van der Waals surface area contributed by atoms with Crippen LogP contribution in [0.25, 0.3) is 0 Å². The van der Waals surface area contributed by atoms with Crippen LogP contribution >= 0.6 is 0 Å². The van der Waals surface area contributed by atoms with E-state index in [1.807, 2.05) is 0 Å². The van der Waals surface area contributed by atoms with Gasteiger partial charge in [0.25, 0.3) is 0 Å². The Morgan fingerprint density at radius 2 is 2.15 bits per heavy atom. The van der Waals surface area contributed by atoms with Crippen LogP contribution in [0.3, 0.4) is 0 Å². The molecular formula is C7H14N2O4. The molecule has 0 unspecified atom stereocenters. The van der Waals surface area contributed by atoms with Crippen LogP contribution in [0.1, 0.15) is 6.42 Å². The molecule has 13 heavy (non-hydrogen) atoms. The minimum Gasteiger partial charge on any atom is -0.480 e. The van der Waals surface area contributed by atoms with Crippen LogP contribution in [0, 0.1) is 0 Å². The van der Waals surface area contributed by atoms with Crippen LogP contribution < -0.4 is 11.1 Å². The molecule has 6 heteroatoms. The summed E-state index contributed by atoms with van der Waals surface area (Å²) in [5.41, 5.74) is 5.13. The summed E-state index contributed by atoms with van der Waals surface area (Å²) in [4.78, 5) is 20.7. The fraction of sp³-hybridized carbons (Fsp3) is 0.714. The van der Waals surface area contributed by atoms with Gasteiger partial charge in [-0.05, 0) is 0 Å². The van der Waals surface area contributed by atoms with Crippen molar-refractivity contribution < 1.29 is 19.4 Å². The molecule has 0 fully saturated rings. The molecule has 0 atom stereocenters. The van der Waals surface area contributed by atoms with Crippen LogP contribution in [0.4, 0.5) is 0 Å². The predicted molar refractivity (Wildman–Crippen MR) is 45.1 cm³/mol. The van der Waals surface area contributed by atoms with E-state index in [4.69, 9.17) is 10.8 Å². The van der Waals surface area contributed by atoms with Crippen LogP contribution in [0.2, 0.25) is 0 Å². The number of amides is 1. The number of carbonyl (C=O) groups is 2. The lowest BCUT2D eigenvalue weighted by Crippen LogP contribution is -2.29. The lowest BCUT2D eigenvalue weighted by molar-refractivity contribution is -0.142. The van der Waals surface area contributed by atoms with Gasteiger partial charge in [-0.25, -0.2) is 4.79 Å². The first-order valence-electron chi connectivity index (χ1n) is 3.93. The van der Waals surface area contributed by atoms with Gasteiger partial charge in [0.05, 0.1) is 6.61 Å². The zero-order chi connectivity index (χ0) is 10.1. The third-order valence-corrected chi connectivity index (χ3v) is 1.17. The van der Waals surface area contributed by atoms with E-state index in [1.165, 1.54) is 0 Å². The van der Waals surface area contributed by atoms with Gasteiger partial charge in [0.2, 0.25) is 5.91 Å². The van der Waals surface area contributed by atoms with Gasteiger partial charge < -0.3 is 20.9 Å². The van der Waals surface area contributed by atoms with Gasteiger partial charge in [0.1, 0.15) is 6.61 Å². The molecule has 0 aliphatic carbocycles. The standard InChI is InChI=1S/C7H14N2O4/c8-2-1-6(10)9-3-4-13-5-7(11)12/h1-5,8H2,(H,9,10)(H,11,12). The summed E-state index contributed by atoms with van der Waals surface area (Å²) >= 11 is 0. The SMILES string of the molecule is NCCC(=O)NCCOCC(=O)O. The number of nitrogens with one attached hydrogen (secondary N) is 1. The van der Waals surface area contributed by atoms with Gasteiger partial charge in [0.15, 0.2) is 0 Å². The summed E-state index contributed by atoms with van der Waals surface area (Å²) in [6.45, 7) is 0.475. The van der Waals surface area contributed by atoms with Crippen molar-refractivity contribution in [1.82, 2.24) is 5.32 Å². The van der Waals surface area contributed by atoms with E-state index < -0.39 is 5.97 Å². The molecule has 0 aromatic rings. The quantitative estimate of drug-likeness (QED) is 0.426. The number of rotatable bonds is 7. The van der Waals surface area contributed by atoms with Gasteiger partial charge in [-0.1, -0.05) is 0 Å². The van der Waals surface area contributed by atoms with E-state index in [1.54, 1.807) is 0 Å². The van der Waals surface area contributed by atoms with Crippen molar-refractivity contribution in [3.8, 4) is 0 Å². The summed E-state index contributed by atoms with van der Waals surface area (Å²) in [7, 11) is 0. The summed E-state index contributed by atoms with van der Waals surface area (Å²) in [5, 5.41) is 10.7. The van der Waals surface area contributed by atoms with Crippen LogP contribution in [-0.4, -0.2) is 43.3 Å². The minimum atomic E-state index is -1.02. The molecule has 76 valence electrons. The third kappa shape index (κ3) is 8.77. The van der Waals surface area contributed by atoms with E-state index in [2.05, 4.69) is 10.1 Å². The molecule has 0 aliphatic rings. The van der Waals surface area contributed by atoms with E-state index in [-0.39, 0.29) is 25.5 Å². The first-order valence-corrected chi connectivity index (χ1v) is 3.93. The average Bonchev–Trinajstić information content (AvgIpc) is 2.03. The maximum absolute atomic E-state index is 10.8. The normalized spacial score (nSPS) is 9.62. The molecule has 4 N–H and O–H groups in total. The number of nitrogens with two attached hydrogens (primary N) is 1. The number of ether oxygens (including phenoxy) is 1. The number of hydrogen-bond donors (Lipinski definition) is 3. The first kappa shape index (κ1) is 11.9. The van der Waals surface area contributed by atoms with Crippen molar-refractivity contribution in [2.24, 2.45) is 5.73 Å². The topological polar surface area (TPSA) is 102 Å². The molecule has 1 amide bonds. The second-order valence-corrected chi connectivity index (χ2v) is 2.33. The van der Waals surface area contributed by atoms with Crippen LogP contribution in [0.15, 0.2) is 0 Å². The summed E-state index contributed by atoms with van der Waals surface area (Å²) in [6.07, 6.45) is 0.277. The zero-order valence-electron chi connectivity index (χ0n) is 7.28. The molecule has 0 bridgehead atoms.